The molecule has 122 valence electrons. The van der Waals surface area contributed by atoms with Crippen LogP contribution in [0.5, 0.6) is 0 Å². The molecular formula is C19H24N2S2. The lowest BCUT2D eigenvalue weighted by molar-refractivity contribution is 0.417. The monoisotopic (exact) mass is 344 g/mol. The molecule has 4 heteroatoms. The number of nitrogens with one attached hydrogen (secondary N) is 2. The molecule has 0 amide bonds. The summed E-state index contributed by atoms with van der Waals surface area (Å²) in [4.78, 5) is 1.40. The molecule has 1 aliphatic rings. The standard InChI is InChI=1S/C19H24N2S2/c1-14(2)15-7-9-16(10-8-15)20-18(22)21-19(11-3-4-12-19)17-6-5-13-23-17/h5-10,13-14H,3-4,11-12H2,1-2H3,(H2,20,21,22). The van der Waals surface area contributed by atoms with Crippen molar-refractivity contribution in [2.24, 2.45) is 0 Å². The van der Waals surface area contributed by atoms with Gasteiger partial charge in [0.2, 0.25) is 0 Å². The Morgan fingerprint density at radius 3 is 2.39 bits per heavy atom. The van der Waals surface area contributed by atoms with Crippen LogP contribution in [0, 0.1) is 0 Å². The van der Waals surface area contributed by atoms with Gasteiger partial charge in [0.25, 0.3) is 0 Å². The summed E-state index contributed by atoms with van der Waals surface area (Å²) in [6, 6.07) is 12.9. The summed E-state index contributed by atoms with van der Waals surface area (Å²) >= 11 is 7.41. The van der Waals surface area contributed by atoms with E-state index in [9.17, 15) is 0 Å². The Labute approximate surface area is 148 Å². The largest absolute Gasteiger partial charge is 0.352 e. The van der Waals surface area contributed by atoms with Gasteiger partial charge in [-0.25, -0.2) is 0 Å². The lowest BCUT2D eigenvalue weighted by Gasteiger charge is -2.31. The number of anilines is 1. The number of benzene rings is 1. The Hall–Kier alpha value is -1.39. The first kappa shape index (κ1) is 16.5. The fourth-order valence-electron chi connectivity index (χ4n) is 3.29. The summed E-state index contributed by atoms with van der Waals surface area (Å²) in [5.41, 5.74) is 2.42. The van der Waals surface area contributed by atoms with Crippen LogP contribution in [0.4, 0.5) is 5.69 Å². The van der Waals surface area contributed by atoms with Gasteiger partial charge >= 0.3 is 0 Å². The topological polar surface area (TPSA) is 24.1 Å². The van der Waals surface area contributed by atoms with E-state index >= 15 is 0 Å². The molecule has 0 aliphatic heterocycles. The van der Waals surface area contributed by atoms with Gasteiger partial charge in [0.05, 0.1) is 5.54 Å². The van der Waals surface area contributed by atoms with Crippen molar-refractivity contribution in [1.29, 1.82) is 0 Å². The van der Waals surface area contributed by atoms with Crippen LogP contribution in [-0.2, 0) is 5.54 Å². The van der Waals surface area contributed by atoms with Crippen molar-refractivity contribution in [3.05, 3.63) is 52.2 Å². The number of hydrogen-bond acceptors (Lipinski definition) is 2. The van der Waals surface area contributed by atoms with Gasteiger partial charge in [-0.3, -0.25) is 0 Å². The molecule has 2 nitrogen and oxygen atoms in total. The van der Waals surface area contributed by atoms with E-state index in [0.717, 1.165) is 23.6 Å². The molecule has 1 aromatic carbocycles. The predicted octanol–water partition coefficient (Wildman–Crippen LogP) is 5.63. The molecular weight excluding hydrogens is 320 g/mol. The van der Waals surface area contributed by atoms with Crippen LogP contribution in [0.3, 0.4) is 0 Å². The van der Waals surface area contributed by atoms with E-state index in [1.54, 1.807) is 0 Å². The number of thiocarbonyl (C=S) groups is 1. The molecule has 1 heterocycles. The number of rotatable bonds is 4. The van der Waals surface area contributed by atoms with Crippen molar-refractivity contribution in [2.45, 2.75) is 51.0 Å². The van der Waals surface area contributed by atoms with E-state index in [0.29, 0.717) is 5.92 Å². The van der Waals surface area contributed by atoms with Crippen LogP contribution in [-0.4, -0.2) is 5.11 Å². The molecule has 0 radical (unpaired) electrons. The highest BCUT2D eigenvalue weighted by Crippen LogP contribution is 2.40. The number of thiophene rings is 1. The lowest BCUT2D eigenvalue weighted by atomic mass is 9.96. The SMILES string of the molecule is CC(C)c1ccc(NC(=S)NC2(c3cccs3)CCCC2)cc1. The van der Waals surface area contributed by atoms with E-state index in [4.69, 9.17) is 12.2 Å². The van der Waals surface area contributed by atoms with E-state index < -0.39 is 0 Å². The zero-order valence-corrected chi connectivity index (χ0v) is 15.4. The molecule has 0 unspecified atom stereocenters. The van der Waals surface area contributed by atoms with Crippen molar-refractivity contribution in [3.8, 4) is 0 Å². The van der Waals surface area contributed by atoms with Gasteiger partial charge in [-0.05, 0) is 60.1 Å². The van der Waals surface area contributed by atoms with Gasteiger partial charge in [-0.2, -0.15) is 0 Å². The van der Waals surface area contributed by atoms with Gasteiger partial charge in [-0.1, -0.05) is 44.9 Å². The highest BCUT2D eigenvalue weighted by molar-refractivity contribution is 7.80. The van der Waals surface area contributed by atoms with Crippen molar-refractivity contribution >= 4 is 34.4 Å². The molecule has 0 saturated heterocycles. The fourth-order valence-corrected chi connectivity index (χ4v) is 4.55. The highest BCUT2D eigenvalue weighted by Gasteiger charge is 2.37. The Balaban J connectivity index is 1.68. The van der Waals surface area contributed by atoms with Crippen LogP contribution in [0.25, 0.3) is 0 Å². The summed E-state index contributed by atoms with van der Waals surface area (Å²) < 4.78 is 0. The zero-order valence-electron chi connectivity index (χ0n) is 13.8. The second-order valence-electron chi connectivity index (χ2n) is 6.62. The molecule has 3 rings (SSSR count). The summed E-state index contributed by atoms with van der Waals surface area (Å²) in [7, 11) is 0. The third kappa shape index (κ3) is 3.75. The summed E-state index contributed by atoms with van der Waals surface area (Å²) in [6.07, 6.45) is 4.83. The maximum absolute atomic E-state index is 5.59. The molecule has 1 fully saturated rings. The van der Waals surface area contributed by atoms with Crippen molar-refractivity contribution < 1.29 is 0 Å². The molecule has 2 aromatic rings. The Bertz CT molecular complexity index is 639. The van der Waals surface area contributed by atoms with E-state index in [1.807, 2.05) is 11.3 Å². The van der Waals surface area contributed by atoms with E-state index in [1.165, 1.54) is 23.3 Å². The third-order valence-corrected chi connectivity index (χ3v) is 5.92. The maximum atomic E-state index is 5.59. The van der Waals surface area contributed by atoms with Crippen molar-refractivity contribution in [1.82, 2.24) is 5.32 Å². The first-order chi connectivity index (χ1) is 11.1. The Kier molecular flexibility index (Phi) is 5.02. The van der Waals surface area contributed by atoms with Crippen LogP contribution < -0.4 is 10.6 Å². The van der Waals surface area contributed by atoms with Gasteiger partial charge in [0.1, 0.15) is 0 Å². The van der Waals surface area contributed by atoms with E-state index in [-0.39, 0.29) is 5.54 Å². The maximum Gasteiger partial charge on any atom is 0.171 e. The molecule has 0 atom stereocenters. The normalized spacial score (nSPS) is 16.5. The van der Waals surface area contributed by atoms with E-state index in [2.05, 4.69) is 66.3 Å². The minimum atomic E-state index is 0.0239. The van der Waals surface area contributed by atoms with Gasteiger partial charge in [0.15, 0.2) is 5.11 Å². The average molecular weight is 345 g/mol. The predicted molar refractivity (Wildman–Crippen MR) is 104 cm³/mol. The van der Waals surface area contributed by atoms with Crippen LogP contribution in [0.2, 0.25) is 0 Å². The summed E-state index contributed by atoms with van der Waals surface area (Å²) in [5, 5.41) is 9.83. The molecule has 1 saturated carbocycles. The van der Waals surface area contributed by atoms with Gasteiger partial charge in [0, 0.05) is 10.6 Å². The highest BCUT2D eigenvalue weighted by atomic mass is 32.1. The first-order valence-corrected chi connectivity index (χ1v) is 9.61. The smallest absolute Gasteiger partial charge is 0.171 e. The van der Waals surface area contributed by atoms with Crippen molar-refractivity contribution in [3.63, 3.8) is 0 Å². The van der Waals surface area contributed by atoms with Crippen LogP contribution in [0.1, 0.15) is 55.9 Å². The summed E-state index contributed by atoms with van der Waals surface area (Å²) in [6.45, 7) is 4.42. The average Bonchev–Trinajstić information content (AvgIpc) is 3.19. The molecule has 2 N–H and O–H groups in total. The fraction of sp³-hybridized carbons (Fsp3) is 0.421. The second-order valence-corrected chi connectivity index (χ2v) is 7.98. The Morgan fingerprint density at radius 1 is 1.13 bits per heavy atom. The van der Waals surface area contributed by atoms with Crippen molar-refractivity contribution in [2.75, 3.05) is 5.32 Å². The Morgan fingerprint density at radius 2 is 1.83 bits per heavy atom. The van der Waals surface area contributed by atoms with Gasteiger partial charge in [-0.15, -0.1) is 11.3 Å². The zero-order chi connectivity index (χ0) is 16.3. The molecule has 0 bridgehead atoms. The molecule has 1 aliphatic carbocycles. The minimum absolute atomic E-state index is 0.0239. The quantitative estimate of drug-likeness (QED) is 0.703. The minimum Gasteiger partial charge on any atom is -0.352 e. The van der Waals surface area contributed by atoms with Crippen LogP contribution in [0.15, 0.2) is 41.8 Å². The lowest BCUT2D eigenvalue weighted by Crippen LogP contribution is -2.45. The second kappa shape index (κ2) is 7.02. The molecule has 1 aromatic heterocycles. The van der Waals surface area contributed by atoms with Gasteiger partial charge < -0.3 is 10.6 Å². The first-order valence-electron chi connectivity index (χ1n) is 8.32. The third-order valence-electron chi connectivity index (χ3n) is 4.64. The molecule has 23 heavy (non-hydrogen) atoms. The molecule has 0 spiro atoms. The summed E-state index contributed by atoms with van der Waals surface area (Å²) in [5.74, 6) is 0.551. The van der Waals surface area contributed by atoms with Crippen LogP contribution >= 0.6 is 23.6 Å². The number of hydrogen-bond donors (Lipinski definition) is 2.